The fraction of sp³-hybridized carbons (Fsp3) is 0.923. The minimum Gasteiger partial charge on any atom is -0.299 e. The molecule has 0 saturated heterocycles. The van der Waals surface area contributed by atoms with E-state index in [-0.39, 0.29) is 0 Å². The van der Waals surface area contributed by atoms with Gasteiger partial charge in [0.15, 0.2) is 0 Å². The molecule has 2 aliphatic carbocycles. The number of rotatable bonds is 3. The molecule has 0 aromatic rings. The summed E-state index contributed by atoms with van der Waals surface area (Å²) in [6, 6.07) is 0. The molecule has 0 radical (unpaired) electrons. The molecule has 1 nitrogen and oxygen atoms in total. The van der Waals surface area contributed by atoms with Crippen LogP contribution in [0.3, 0.4) is 0 Å². The summed E-state index contributed by atoms with van der Waals surface area (Å²) >= 11 is 0. The summed E-state index contributed by atoms with van der Waals surface area (Å²) in [5, 5.41) is 0. The largest absolute Gasteiger partial charge is 0.299 e. The Hall–Kier alpha value is -0.330. The highest BCUT2D eigenvalue weighted by Gasteiger charge is 2.28. The molecule has 0 aliphatic heterocycles. The first-order chi connectivity index (χ1) is 6.75. The Balaban J connectivity index is 1.71. The van der Waals surface area contributed by atoms with Crippen molar-refractivity contribution in [2.45, 2.75) is 58.3 Å². The van der Waals surface area contributed by atoms with E-state index >= 15 is 0 Å². The summed E-state index contributed by atoms with van der Waals surface area (Å²) in [7, 11) is 0. The molecule has 1 heteroatoms. The Labute approximate surface area is 87.3 Å². The van der Waals surface area contributed by atoms with Crippen molar-refractivity contribution in [1.82, 2.24) is 0 Å². The van der Waals surface area contributed by atoms with E-state index in [0.29, 0.717) is 11.7 Å². The highest BCUT2D eigenvalue weighted by Crippen LogP contribution is 2.34. The quantitative estimate of drug-likeness (QED) is 0.671. The van der Waals surface area contributed by atoms with Crippen molar-refractivity contribution >= 4 is 5.78 Å². The molecular weight excluding hydrogens is 172 g/mol. The second-order valence-electron chi connectivity index (χ2n) is 5.42. The third kappa shape index (κ3) is 2.37. The van der Waals surface area contributed by atoms with Gasteiger partial charge in [-0.1, -0.05) is 26.2 Å². The number of ketones is 1. The van der Waals surface area contributed by atoms with E-state index < -0.39 is 0 Å². The van der Waals surface area contributed by atoms with Crippen molar-refractivity contribution in [1.29, 1.82) is 0 Å². The van der Waals surface area contributed by atoms with Gasteiger partial charge in [-0.05, 0) is 37.5 Å². The van der Waals surface area contributed by atoms with Crippen LogP contribution < -0.4 is 0 Å². The number of carbonyl (C=O) groups excluding carboxylic acids is 1. The smallest absolute Gasteiger partial charge is 0.136 e. The average Bonchev–Trinajstić information content (AvgIpc) is 2.06. The molecule has 2 aliphatic rings. The lowest BCUT2D eigenvalue weighted by molar-refractivity contribution is -0.126. The monoisotopic (exact) mass is 194 g/mol. The van der Waals surface area contributed by atoms with Crippen LogP contribution in [0.15, 0.2) is 0 Å². The van der Waals surface area contributed by atoms with Crippen molar-refractivity contribution in [2.24, 2.45) is 17.8 Å². The second-order valence-corrected chi connectivity index (χ2v) is 5.42. The molecule has 0 amide bonds. The maximum Gasteiger partial charge on any atom is 0.136 e. The van der Waals surface area contributed by atoms with Crippen LogP contribution in [0.4, 0.5) is 0 Å². The predicted molar refractivity (Wildman–Crippen MR) is 58.1 cm³/mol. The van der Waals surface area contributed by atoms with Gasteiger partial charge >= 0.3 is 0 Å². The van der Waals surface area contributed by atoms with Crippen LogP contribution in [-0.2, 0) is 4.79 Å². The lowest BCUT2D eigenvalue weighted by Crippen LogP contribution is -2.25. The molecule has 0 bridgehead atoms. The molecule has 0 spiro atoms. The fourth-order valence-corrected chi connectivity index (χ4v) is 2.71. The van der Waals surface area contributed by atoms with Gasteiger partial charge in [0.05, 0.1) is 0 Å². The second kappa shape index (κ2) is 4.46. The average molecular weight is 194 g/mol. The minimum absolute atomic E-state index is 0.467. The highest BCUT2D eigenvalue weighted by atomic mass is 16.1. The summed E-state index contributed by atoms with van der Waals surface area (Å²) < 4.78 is 0. The van der Waals surface area contributed by atoms with E-state index in [1.165, 1.54) is 44.9 Å². The molecule has 2 saturated carbocycles. The normalized spacial score (nSPS) is 33.8. The van der Waals surface area contributed by atoms with Crippen LogP contribution in [0.2, 0.25) is 0 Å². The lowest BCUT2D eigenvalue weighted by atomic mass is 9.75. The molecule has 0 aromatic heterocycles. The van der Waals surface area contributed by atoms with Gasteiger partial charge in [-0.2, -0.15) is 0 Å². The van der Waals surface area contributed by atoms with Crippen LogP contribution >= 0.6 is 0 Å². The van der Waals surface area contributed by atoms with Crippen LogP contribution in [0.1, 0.15) is 58.3 Å². The van der Waals surface area contributed by atoms with Crippen molar-refractivity contribution in [3.05, 3.63) is 0 Å². The van der Waals surface area contributed by atoms with E-state index in [0.717, 1.165) is 18.3 Å². The SMILES string of the molecule is CC1CCC(CC(=O)C2CCC2)CC1. The molecule has 14 heavy (non-hydrogen) atoms. The van der Waals surface area contributed by atoms with Gasteiger partial charge in [-0.15, -0.1) is 0 Å². The maximum absolute atomic E-state index is 11.8. The van der Waals surface area contributed by atoms with E-state index in [9.17, 15) is 4.79 Å². The van der Waals surface area contributed by atoms with Crippen molar-refractivity contribution in [3.63, 3.8) is 0 Å². The van der Waals surface area contributed by atoms with Crippen molar-refractivity contribution in [3.8, 4) is 0 Å². The molecule has 0 N–H and O–H groups in total. The van der Waals surface area contributed by atoms with Gasteiger partial charge in [0.1, 0.15) is 5.78 Å². The van der Waals surface area contributed by atoms with E-state index in [1.54, 1.807) is 0 Å². The standard InChI is InChI=1S/C13H22O/c1-10-5-7-11(8-6-10)9-13(14)12-3-2-4-12/h10-12H,2-9H2,1H3. The minimum atomic E-state index is 0.467. The molecule has 0 heterocycles. The van der Waals surface area contributed by atoms with Crippen LogP contribution in [0, 0.1) is 17.8 Å². The Morgan fingerprint density at radius 2 is 1.71 bits per heavy atom. The summed E-state index contributed by atoms with van der Waals surface area (Å²) in [5.41, 5.74) is 0. The van der Waals surface area contributed by atoms with E-state index in [4.69, 9.17) is 0 Å². The lowest BCUT2D eigenvalue weighted by Gasteiger charge is -2.29. The fourth-order valence-electron chi connectivity index (χ4n) is 2.71. The van der Waals surface area contributed by atoms with Gasteiger partial charge in [-0.25, -0.2) is 0 Å². The Kier molecular flexibility index (Phi) is 3.25. The Morgan fingerprint density at radius 1 is 1.07 bits per heavy atom. The van der Waals surface area contributed by atoms with Gasteiger partial charge in [0.25, 0.3) is 0 Å². The summed E-state index contributed by atoms with van der Waals surface area (Å²) in [5.74, 6) is 2.69. The molecule has 0 unspecified atom stereocenters. The number of hydrogen-bond acceptors (Lipinski definition) is 1. The third-order valence-electron chi connectivity index (χ3n) is 4.19. The van der Waals surface area contributed by atoms with Crippen LogP contribution in [0.5, 0.6) is 0 Å². The zero-order valence-corrected chi connectivity index (χ0v) is 9.30. The summed E-state index contributed by atoms with van der Waals surface area (Å²) in [4.78, 5) is 11.8. The van der Waals surface area contributed by atoms with Gasteiger partial charge in [0.2, 0.25) is 0 Å². The van der Waals surface area contributed by atoms with Crippen LogP contribution in [-0.4, -0.2) is 5.78 Å². The molecule has 0 atom stereocenters. The Morgan fingerprint density at radius 3 is 2.21 bits per heavy atom. The molecular formula is C13H22O. The molecule has 0 aromatic carbocycles. The number of hydrogen-bond donors (Lipinski definition) is 0. The molecule has 2 fully saturated rings. The van der Waals surface area contributed by atoms with Crippen LogP contribution in [0.25, 0.3) is 0 Å². The number of Topliss-reactive ketones (excluding diaryl/α,β-unsaturated/α-hetero) is 1. The summed E-state index contributed by atoms with van der Waals surface area (Å²) in [6.45, 7) is 2.34. The highest BCUT2D eigenvalue weighted by molar-refractivity contribution is 5.81. The third-order valence-corrected chi connectivity index (χ3v) is 4.19. The Bertz CT molecular complexity index is 197. The first kappa shape index (κ1) is 10.2. The van der Waals surface area contributed by atoms with E-state index in [2.05, 4.69) is 6.92 Å². The zero-order chi connectivity index (χ0) is 9.97. The molecule has 80 valence electrons. The van der Waals surface area contributed by atoms with Crippen molar-refractivity contribution in [2.75, 3.05) is 0 Å². The maximum atomic E-state index is 11.8. The van der Waals surface area contributed by atoms with Gasteiger partial charge < -0.3 is 0 Å². The topological polar surface area (TPSA) is 17.1 Å². The van der Waals surface area contributed by atoms with Gasteiger partial charge in [-0.3, -0.25) is 4.79 Å². The summed E-state index contributed by atoms with van der Waals surface area (Å²) in [6.07, 6.45) is 9.86. The van der Waals surface area contributed by atoms with Crippen molar-refractivity contribution < 1.29 is 4.79 Å². The van der Waals surface area contributed by atoms with Gasteiger partial charge in [0, 0.05) is 12.3 Å². The predicted octanol–water partition coefficient (Wildman–Crippen LogP) is 3.57. The zero-order valence-electron chi connectivity index (χ0n) is 9.30. The number of carbonyl (C=O) groups is 1. The van der Waals surface area contributed by atoms with E-state index in [1.807, 2.05) is 0 Å². The first-order valence-electron chi connectivity index (χ1n) is 6.28. The molecule has 2 rings (SSSR count). The first-order valence-corrected chi connectivity index (χ1v) is 6.28.